The van der Waals surface area contributed by atoms with Crippen molar-refractivity contribution in [1.82, 2.24) is 5.32 Å². The summed E-state index contributed by atoms with van der Waals surface area (Å²) in [6, 6.07) is 8.18. The Morgan fingerprint density at radius 1 is 1.30 bits per heavy atom. The zero-order valence-corrected chi connectivity index (χ0v) is 14.5. The SMILES string of the molecule is CCCNCc1ccc(N2C(C)CCC2CC)c(Br)c1. The van der Waals surface area contributed by atoms with E-state index in [2.05, 4.69) is 65.1 Å². The average Bonchev–Trinajstić information content (AvgIpc) is 2.80. The van der Waals surface area contributed by atoms with Gasteiger partial charge in [-0.2, -0.15) is 0 Å². The topological polar surface area (TPSA) is 15.3 Å². The summed E-state index contributed by atoms with van der Waals surface area (Å²) in [6.45, 7) is 8.89. The van der Waals surface area contributed by atoms with Crippen LogP contribution in [0.4, 0.5) is 5.69 Å². The van der Waals surface area contributed by atoms with Gasteiger partial charge in [-0.1, -0.05) is 19.9 Å². The first-order chi connectivity index (χ1) is 9.67. The number of halogens is 1. The molecular formula is C17H27BrN2. The number of hydrogen-bond acceptors (Lipinski definition) is 2. The van der Waals surface area contributed by atoms with Gasteiger partial charge in [0.1, 0.15) is 0 Å². The van der Waals surface area contributed by atoms with E-state index in [0.717, 1.165) is 13.1 Å². The van der Waals surface area contributed by atoms with Crippen LogP contribution in [-0.2, 0) is 6.54 Å². The fourth-order valence-corrected chi connectivity index (χ4v) is 3.82. The van der Waals surface area contributed by atoms with E-state index in [1.54, 1.807) is 0 Å². The first-order valence-electron chi connectivity index (χ1n) is 7.94. The first kappa shape index (κ1) is 15.8. The van der Waals surface area contributed by atoms with Crippen molar-refractivity contribution in [2.75, 3.05) is 11.4 Å². The standard InChI is InChI=1S/C17H27BrN2/c1-4-10-19-12-14-7-9-17(16(18)11-14)20-13(3)6-8-15(20)5-2/h7,9,11,13,15,19H,4-6,8,10,12H2,1-3H3. The lowest BCUT2D eigenvalue weighted by Crippen LogP contribution is -2.34. The maximum atomic E-state index is 3.78. The quantitative estimate of drug-likeness (QED) is 0.755. The Labute approximate surface area is 132 Å². The number of benzene rings is 1. The third-order valence-electron chi connectivity index (χ3n) is 4.30. The summed E-state index contributed by atoms with van der Waals surface area (Å²) in [4.78, 5) is 2.60. The van der Waals surface area contributed by atoms with E-state index in [4.69, 9.17) is 0 Å². The number of nitrogens with one attached hydrogen (secondary N) is 1. The van der Waals surface area contributed by atoms with Crippen molar-refractivity contribution >= 4 is 21.6 Å². The Morgan fingerprint density at radius 3 is 2.75 bits per heavy atom. The second kappa shape index (κ2) is 7.46. The molecule has 2 atom stereocenters. The van der Waals surface area contributed by atoms with Crippen molar-refractivity contribution < 1.29 is 0 Å². The second-order valence-corrected chi connectivity index (χ2v) is 6.71. The van der Waals surface area contributed by atoms with Gasteiger partial charge in [0.25, 0.3) is 0 Å². The normalized spacial score (nSPS) is 22.5. The van der Waals surface area contributed by atoms with E-state index in [1.807, 2.05) is 0 Å². The molecule has 1 aliphatic rings. The molecule has 0 aromatic heterocycles. The van der Waals surface area contributed by atoms with Crippen LogP contribution in [0.1, 0.15) is 52.0 Å². The highest BCUT2D eigenvalue weighted by atomic mass is 79.9. The number of anilines is 1. The van der Waals surface area contributed by atoms with Gasteiger partial charge in [0.2, 0.25) is 0 Å². The lowest BCUT2D eigenvalue weighted by Gasteiger charge is -2.31. The summed E-state index contributed by atoms with van der Waals surface area (Å²) < 4.78 is 1.24. The zero-order valence-electron chi connectivity index (χ0n) is 13.0. The fraction of sp³-hybridized carbons (Fsp3) is 0.647. The van der Waals surface area contributed by atoms with Crippen LogP contribution in [-0.4, -0.2) is 18.6 Å². The molecule has 2 nitrogen and oxygen atoms in total. The minimum atomic E-state index is 0.653. The molecule has 0 radical (unpaired) electrons. The van der Waals surface area contributed by atoms with E-state index in [-0.39, 0.29) is 0 Å². The van der Waals surface area contributed by atoms with Crippen LogP contribution in [0, 0.1) is 0 Å². The van der Waals surface area contributed by atoms with Gasteiger partial charge >= 0.3 is 0 Å². The molecule has 0 amide bonds. The largest absolute Gasteiger partial charge is 0.365 e. The molecule has 0 saturated carbocycles. The first-order valence-corrected chi connectivity index (χ1v) is 8.74. The summed E-state index contributed by atoms with van der Waals surface area (Å²) in [6.07, 6.45) is 5.05. The van der Waals surface area contributed by atoms with Gasteiger partial charge in [0.05, 0.1) is 5.69 Å². The van der Waals surface area contributed by atoms with Crippen LogP contribution in [0.2, 0.25) is 0 Å². The van der Waals surface area contributed by atoms with Crippen LogP contribution in [0.15, 0.2) is 22.7 Å². The highest BCUT2D eigenvalue weighted by Crippen LogP contribution is 2.36. The van der Waals surface area contributed by atoms with Gasteiger partial charge in [-0.05, 0) is 72.8 Å². The minimum absolute atomic E-state index is 0.653. The van der Waals surface area contributed by atoms with Crippen LogP contribution < -0.4 is 10.2 Å². The number of nitrogens with zero attached hydrogens (tertiary/aromatic N) is 1. The van der Waals surface area contributed by atoms with Gasteiger partial charge in [-0.3, -0.25) is 0 Å². The summed E-state index contributed by atoms with van der Waals surface area (Å²) in [5.41, 5.74) is 2.72. The van der Waals surface area contributed by atoms with Gasteiger partial charge in [0.15, 0.2) is 0 Å². The smallest absolute Gasteiger partial charge is 0.0515 e. The Balaban J connectivity index is 2.12. The van der Waals surface area contributed by atoms with Crippen LogP contribution >= 0.6 is 15.9 Å². The fourth-order valence-electron chi connectivity index (χ4n) is 3.19. The molecule has 1 saturated heterocycles. The number of rotatable bonds is 6. The molecule has 0 bridgehead atoms. The molecule has 0 aliphatic carbocycles. The lowest BCUT2D eigenvalue weighted by atomic mass is 10.1. The lowest BCUT2D eigenvalue weighted by molar-refractivity contribution is 0.626. The molecule has 1 N–H and O–H groups in total. The van der Waals surface area contributed by atoms with Crippen molar-refractivity contribution in [3.8, 4) is 0 Å². The summed E-state index contributed by atoms with van der Waals surface area (Å²) in [5, 5.41) is 3.46. The van der Waals surface area contributed by atoms with E-state index >= 15 is 0 Å². The molecule has 2 rings (SSSR count). The molecule has 112 valence electrons. The molecule has 0 spiro atoms. The summed E-state index contributed by atoms with van der Waals surface area (Å²) >= 11 is 3.78. The molecule has 1 aromatic carbocycles. The van der Waals surface area contributed by atoms with Crippen molar-refractivity contribution in [3.05, 3.63) is 28.2 Å². The highest BCUT2D eigenvalue weighted by Gasteiger charge is 2.30. The average molecular weight is 339 g/mol. The summed E-state index contributed by atoms with van der Waals surface area (Å²) in [5.74, 6) is 0. The van der Waals surface area contributed by atoms with E-state index in [0.29, 0.717) is 12.1 Å². The van der Waals surface area contributed by atoms with E-state index < -0.39 is 0 Å². The van der Waals surface area contributed by atoms with Gasteiger partial charge in [-0.15, -0.1) is 0 Å². The minimum Gasteiger partial charge on any atom is -0.365 e. The van der Waals surface area contributed by atoms with Crippen LogP contribution in [0.5, 0.6) is 0 Å². The van der Waals surface area contributed by atoms with Gasteiger partial charge in [-0.25, -0.2) is 0 Å². The third-order valence-corrected chi connectivity index (χ3v) is 4.94. The number of hydrogen-bond donors (Lipinski definition) is 1. The maximum absolute atomic E-state index is 3.78. The Kier molecular flexibility index (Phi) is 5.91. The molecule has 2 unspecified atom stereocenters. The predicted molar refractivity (Wildman–Crippen MR) is 91.4 cm³/mol. The maximum Gasteiger partial charge on any atom is 0.0515 e. The van der Waals surface area contributed by atoms with E-state index in [1.165, 1.54) is 41.4 Å². The van der Waals surface area contributed by atoms with Crippen LogP contribution in [0.25, 0.3) is 0 Å². The van der Waals surface area contributed by atoms with Crippen LogP contribution in [0.3, 0.4) is 0 Å². The second-order valence-electron chi connectivity index (χ2n) is 5.86. The van der Waals surface area contributed by atoms with E-state index in [9.17, 15) is 0 Å². The Bertz CT molecular complexity index is 433. The van der Waals surface area contributed by atoms with Crippen molar-refractivity contribution in [2.24, 2.45) is 0 Å². The Hall–Kier alpha value is -0.540. The molecule has 1 fully saturated rings. The molecular weight excluding hydrogens is 312 g/mol. The van der Waals surface area contributed by atoms with Crippen molar-refractivity contribution in [2.45, 2.75) is 65.1 Å². The Morgan fingerprint density at radius 2 is 2.10 bits per heavy atom. The molecule has 1 heterocycles. The van der Waals surface area contributed by atoms with Gasteiger partial charge in [0, 0.05) is 23.1 Å². The molecule has 3 heteroatoms. The van der Waals surface area contributed by atoms with Crippen molar-refractivity contribution in [3.63, 3.8) is 0 Å². The summed E-state index contributed by atoms with van der Waals surface area (Å²) in [7, 11) is 0. The predicted octanol–water partition coefficient (Wildman–Crippen LogP) is 4.72. The monoisotopic (exact) mass is 338 g/mol. The van der Waals surface area contributed by atoms with Crippen molar-refractivity contribution in [1.29, 1.82) is 0 Å². The highest BCUT2D eigenvalue weighted by molar-refractivity contribution is 9.10. The molecule has 20 heavy (non-hydrogen) atoms. The molecule has 1 aliphatic heterocycles. The van der Waals surface area contributed by atoms with Gasteiger partial charge < -0.3 is 10.2 Å². The molecule has 1 aromatic rings. The third kappa shape index (κ3) is 3.56. The zero-order chi connectivity index (χ0) is 14.5.